The third-order valence-electron chi connectivity index (χ3n) is 3.18. The van der Waals surface area contributed by atoms with Gasteiger partial charge in [0.1, 0.15) is 0 Å². The van der Waals surface area contributed by atoms with Gasteiger partial charge in [0.2, 0.25) is 0 Å². The summed E-state index contributed by atoms with van der Waals surface area (Å²) in [6.07, 6.45) is -0.240. The van der Waals surface area contributed by atoms with E-state index in [9.17, 15) is 5.11 Å². The molecular formula is C12H27N3O. The van der Waals surface area contributed by atoms with Crippen LogP contribution >= 0.6 is 0 Å². The van der Waals surface area contributed by atoms with E-state index < -0.39 is 0 Å². The van der Waals surface area contributed by atoms with E-state index in [0.29, 0.717) is 0 Å². The van der Waals surface area contributed by atoms with Crippen LogP contribution in [0.15, 0.2) is 0 Å². The third kappa shape index (κ3) is 4.01. The minimum absolute atomic E-state index is 0.154. The highest BCUT2D eigenvalue weighted by molar-refractivity contribution is 4.91. The summed E-state index contributed by atoms with van der Waals surface area (Å²) in [5, 5.41) is 9.41. The number of hydrogen-bond acceptors (Lipinski definition) is 4. The average molecular weight is 229 g/mol. The van der Waals surface area contributed by atoms with E-state index >= 15 is 0 Å². The largest absolute Gasteiger partial charge is 0.392 e. The van der Waals surface area contributed by atoms with Gasteiger partial charge in [0.25, 0.3) is 0 Å². The molecule has 1 saturated heterocycles. The summed E-state index contributed by atoms with van der Waals surface area (Å²) < 4.78 is 0. The van der Waals surface area contributed by atoms with Gasteiger partial charge in [-0.15, -0.1) is 0 Å². The van der Waals surface area contributed by atoms with E-state index in [-0.39, 0.29) is 17.7 Å². The van der Waals surface area contributed by atoms with Crippen LogP contribution in [0.2, 0.25) is 0 Å². The molecule has 0 radical (unpaired) electrons. The average Bonchev–Trinajstić information content (AvgIpc) is 2.07. The first kappa shape index (κ1) is 13.9. The molecule has 2 atom stereocenters. The van der Waals surface area contributed by atoms with E-state index in [1.54, 1.807) is 0 Å². The Morgan fingerprint density at radius 2 is 1.88 bits per heavy atom. The van der Waals surface area contributed by atoms with Crippen molar-refractivity contribution in [2.45, 2.75) is 45.4 Å². The molecule has 4 heteroatoms. The molecule has 0 aromatic carbocycles. The van der Waals surface area contributed by atoms with Crippen molar-refractivity contribution >= 4 is 0 Å². The molecule has 0 aromatic rings. The van der Waals surface area contributed by atoms with Crippen LogP contribution in [0, 0.1) is 0 Å². The quantitative estimate of drug-likeness (QED) is 0.718. The Kier molecular flexibility index (Phi) is 4.73. The summed E-state index contributed by atoms with van der Waals surface area (Å²) in [6, 6.07) is 0.225. The summed E-state index contributed by atoms with van der Waals surface area (Å²) in [5.41, 5.74) is 6.02. The van der Waals surface area contributed by atoms with Crippen LogP contribution in [0.4, 0.5) is 0 Å². The smallest absolute Gasteiger partial charge is 0.0639 e. The molecule has 0 bridgehead atoms. The van der Waals surface area contributed by atoms with Gasteiger partial charge >= 0.3 is 0 Å². The summed E-state index contributed by atoms with van der Waals surface area (Å²) in [4.78, 5) is 4.79. The molecular weight excluding hydrogens is 202 g/mol. The lowest BCUT2D eigenvalue weighted by molar-refractivity contribution is 0.000410. The Balaban J connectivity index is 2.51. The number of nitrogens with two attached hydrogens (primary N) is 1. The number of nitrogens with zero attached hydrogens (tertiary/aromatic N) is 2. The summed E-state index contributed by atoms with van der Waals surface area (Å²) >= 11 is 0. The van der Waals surface area contributed by atoms with Gasteiger partial charge in [0.05, 0.1) is 6.10 Å². The molecule has 1 fully saturated rings. The summed E-state index contributed by atoms with van der Waals surface area (Å²) in [6.45, 7) is 13.2. The number of rotatable bonds is 4. The molecule has 4 nitrogen and oxygen atoms in total. The third-order valence-corrected chi connectivity index (χ3v) is 3.18. The van der Waals surface area contributed by atoms with Gasteiger partial charge in [-0.05, 0) is 27.7 Å². The van der Waals surface area contributed by atoms with Crippen molar-refractivity contribution in [2.75, 3.05) is 32.7 Å². The van der Waals surface area contributed by atoms with Gasteiger partial charge < -0.3 is 10.8 Å². The van der Waals surface area contributed by atoms with Crippen molar-refractivity contribution < 1.29 is 5.11 Å². The predicted molar refractivity (Wildman–Crippen MR) is 67.4 cm³/mol. The second kappa shape index (κ2) is 5.45. The van der Waals surface area contributed by atoms with E-state index in [1.165, 1.54) is 0 Å². The zero-order chi connectivity index (χ0) is 12.3. The fourth-order valence-corrected chi connectivity index (χ4v) is 2.51. The Hall–Kier alpha value is -0.160. The normalized spacial score (nSPS) is 26.6. The molecule has 1 aliphatic rings. The van der Waals surface area contributed by atoms with Crippen molar-refractivity contribution in [1.82, 2.24) is 9.80 Å². The molecule has 0 aromatic heterocycles. The Morgan fingerprint density at radius 3 is 2.31 bits per heavy atom. The van der Waals surface area contributed by atoms with Gasteiger partial charge in [-0.2, -0.15) is 0 Å². The van der Waals surface area contributed by atoms with Gasteiger partial charge in [-0.25, -0.2) is 0 Å². The van der Waals surface area contributed by atoms with E-state index in [1.807, 2.05) is 6.92 Å². The van der Waals surface area contributed by atoms with Crippen molar-refractivity contribution in [3.8, 4) is 0 Å². The molecule has 0 aliphatic carbocycles. The fraction of sp³-hybridized carbons (Fsp3) is 1.00. The lowest BCUT2D eigenvalue weighted by Gasteiger charge is -2.48. The Morgan fingerprint density at radius 1 is 1.25 bits per heavy atom. The predicted octanol–water partition coefficient (Wildman–Crippen LogP) is 0.111. The zero-order valence-corrected chi connectivity index (χ0v) is 11.1. The van der Waals surface area contributed by atoms with E-state index in [4.69, 9.17) is 5.73 Å². The Bertz CT molecular complexity index is 216. The molecule has 96 valence electrons. The molecule has 0 saturated carbocycles. The standard InChI is InChI=1S/C12H27N3O/c1-10(13)7-15-6-5-14(8-11(2)16)9-12(15,3)4/h10-11,16H,5-9,13H2,1-4H3. The van der Waals surface area contributed by atoms with E-state index in [2.05, 4.69) is 30.6 Å². The minimum Gasteiger partial charge on any atom is -0.392 e. The topological polar surface area (TPSA) is 52.7 Å². The lowest BCUT2D eigenvalue weighted by atomic mass is 9.98. The number of hydrogen-bond donors (Lipinski definition) is 2. The minimum atomic E-state index is -0.240. The Labute approximate surface area is 99.4 Å². The molecule has 3 N–H and O–H groups in total. The van der Waals surface area contributed by atoms with Crippen LogP contribution in [0.25, 0.3) is 0 Å². The zero-order valence-electron chi connectivity index (χ0n) is 11.1. The van der Waals surface area contributed by atoms with Crippen LogP contribution in [0.5, 0.6) is 0 Å². The second-order valence-electron chi connectivity index (χ2n) is 5.82. The monoisotopic (exact) mass is 229 g/mol. The SMILES string of the molecule is CC(N)CN1CCN(CC(C)O)CC1(C)C. The number of piperazine rings is 1. The molecule has 0 amide bonds. The molecule has 1 aliphatic heterocycles. The maximum Gasteiger partial charge on any atom is 0.0639 e. The van der Waals surface area contributed by atoms with Crippen molar-refractivity contribution in [3.05, 3.63) is 0 Å². The van der Waals surface area contributed by atoms with Gasteiger partial charge in [0, 0.05) is 44.3 Å². The highest BCUT2D eigenvalue weighted by atomic mass is 16.3. The van der Waals surface area contributed by atoms with Crippen molar-refractivity contribution in [1.29, 1.82) is 0 Å². The number of aliphatic hydroxyl groups excluding tert-OH is 1. The molecule has 1 rings (SSSR count). The lowest BCUT2D eigenvalue weighted by Crippen LogP contribution is -2.61. The highest BCUT2D eigenvalue weighted by Gasteiger charge is 2.33. The highest BCUT2D eigenvalue weighted by Crippen LogP contribution is 2.20. The van der Waals surface area contributed by atoms with Crippen LogP contribution in [0.3, 0.4) is 0 Å². The number of β-amino-alcohol motifs (C(OH)–C–C–N with tert-alkyl or cyclic N) is 1. The molecule has 1 heterocycles. The van der Waals surface area contributed by atoms with Crippen molar-refractivity contribution in [2.24, 2.45) is 5.73 Å². The van der Waals surface area contributed by atoms with Crippen LogP contribution in [-0.4, -0.2) is 65.3 Å². The first-order valence-electron chi connectivity index (χ1n) is 6.22. The second-order valence-corrected chi connectivity index (χ2v) is 5.82. The fourth-order valence-electron chi connectivity index (χ4n) is 2.51. The maximum atomic E-state index is 9.41. The number of aliphatic hydroxyl groups is 1. The first-order valence-corrected chi connectivity index (χ1v) is 6.22. The molecule has 16 heavy (non-hydrogen) atoms. The van der Waals surface area contributed by atoms with Crippen LogP contribution in [-0.2, 0) is 0 Å². The summed E-state index contributed by atoms with van der Waals surface area (Å²) in [7, 11) is 0. The van der Waals surface area contributed by atoms with Crippen LogP contribution < -0.4 is 5.73 Å². The van der Waals surface area contributed by atoms with E-state index in [0.717, 1.165) is 32.7 Å². The van der Waals surface area contributed by atoms with Gasteiger partial charge in [0.15, 0.2) is 0 Å². The van der Waals surface area contributed by atoms with Gasteiger partial charge in [-0.1, -0.05) is 0 Å². The maximum absolute atomic E-state index is 9.41. The summed E-state index contributed by atoms with van der Waals surface area (Å²) in [5.74, 6) is 0. The molecule has 0 spiro atoms. The van der Waals surface area contributed by atoms with Crippen molar-refractivity contribution in [3.63, 3.8) is 0 Å². The van der Waals surface area contributed by atoms with Crippen LogP contribution in [0.1, 0.15) is 27.7 Å². The first-order chi connectivity index (χ1) is 7.31. The van der Waals surface area contributed by atoms with Gasteiger partial charge in [-0.3, -0.25) is 9.80 Å². The molecule has 2 unspecified atom stereocenters.